The molecule has 2 aliphatic carbocycles. The Kier molecular flexibility index (Phi) is 6.22. The van der Waals surface area contributed by atoms with E-state index in [0.717, 1.165) is 17.3 Å². The second kappa shape index (κ2) is 8.22. The van der Waals surface area contributed by atoms with Gasteiger partial charge in [-0.3, -0.25) is 4.79 Å². The first-order valence-electron chi connectivity index (χ1n) is 9.78. The summed E-state index contributed by atoms with van der Waals surface area (Å²) in [5.74, 6) is 2.07. The molecule has 1 aromatic heterocycles. The number of carbonyl (C=O) groups excluding carboxylic acids is 1. The summed E-state index contributed by atoms with van der Waals surface area (Å²) in [7, 11) is 1.90. The van der Waals surface area contributed by atoms with Gasteiger partial charge in [-0.05, 0) is 68.5 Å². The number of nitrogens with zero attached hydrogens (tertiary/aromatic N) is 3. The van der Waals surface area contributed by atoms with Gasteiger partial charge < -0.3 is 4.90 Å². The third-order valence-corrected chi connectivity index (χ3v) is 6.48. The van der Waals surface area contributed by atoms with E-state index in [2.05, 4.69) is 41.1 Å². The molecule has 3 fully saturated rings. The third-order valence-electron chi connectivity index (χ3n) is 6.48. The van der Waals surface area contributed by atoms with E-state index in [1.165, 1.54) is 63.6 Å². The highest BCUT2D eigenvalue weighted by molar-refractivity contribution is 7.36. The monoisotopic (exact) mass is 361 g/mol. The predicted molar refractivity (Wildman–Crippen MR) is 105 cm³/mol. The van der Waals surface area contributed by atoms with Gasteiger partial charge in [0.05, 0.1) is 0 Å². The molecule has 1 spiro atoms. The lowest BCUT2D eigenvalue weighted by Gasteiger charge is -2.58. The Morgan fingerprint density at radius 1 is 1.20 bits per heavy atom. The van der Waals surface area contributed by atoms with Crippen molar-refractivity contribution in [3.63, 3.8) is 0 Å². The minimum absolute atomic E-state index is 0.424. The summed E-state index contributed by atoms with van der Waals surface area (Å²) < 4.78 is 0. The van der Waals surface area contributed by atoms with Crippen LogP contribution in [0.3, 0.4) is 0 Å². The van der Waals surface area contributed by atoms with Gasteiger partial charge >= 0.3 is 0 Å². The van der Waals surface area contributed by atoms with Crippen molar-refractivity contribution in [1.29, 1.82) is 0 Å². The largest absolute Gasteiger partial charge is 0.300 e. The molecule has 25 heavy (non-hydrogen) atoms. The summed E-state index contributed by atoms with van der Waals surface area (Å²) >= 11 is 0. The van der Waals surface area contributed by atoms with Crippen LogP contribution in [0.5, 0.6) is 0 Å². The molecule has 138 valence electrons. The normalized spacial score (nSPS) is 23.5. The highest BCUT2D eigenvalue weighted by Gasteiger charge is 2.50. The van der Waals surface area contributed by atoms with Crippen molar-refractivity contribution in [3.8, 4) is 0 Å². The van der Waals surface area contributed by atoms with E-state index in [-0.39, 0.29) is 0 Å². The van der Waals surface area contributed by atoms with E-state index in [4.69, 9.17) is 4.79 Å². The minimum atomic E-state index is 0.424. The average Bonchev–Trinajstić information content (AvgIpc) is 2.54. The van der Waals surface area contributed by atoms with Crippen molar-refractivity contribution in [2.24, 2.45) is 5.41 Å². The Balaban J connectivity index is 0.000000569. The molecule has 0 aromatic carbocycles. The van der Waals surface area contributed by atoms with Gasteiger partial charge in [0.2, 0.25) is 0 Å². The Morgan fingerprint density at radius 2 is 1.76 bits per heavy atom. The fraction of sp³-hybridized carbons (Fsp3) is 0.750. The van der Waals surface area contributed by atoms with Gasteiger partial charge in [-0.25, -0.2) is 9.97 Å². The average molecular weight is 361 g/mol. The molecule has 0 bridgehead atoms. The van der Waals surface area contributed by atoms with Gasteiger partial charge in [-0.1, -0.05) is 29.5 Å². The van der Waals surface area contributed by atoms with Crippen LogP contribution >= 0.6 is 9.24 Å². The molecule has 4 rings (SSSR count). The number of rotatable bonds is 3. The smallest absolute Gasteiger partial charge is 0.135 e. The maximum absolute atomic E-state index is 8.77. The second-order valence-electron chi connectivity index (χ2n) is 8.39. The van der Waals surface area contributed by atoms with E-state index in [9.17, 15) is 0 Å². The number of aromatic nitrogens is 2. The fourth-order valence-electron chi connectivity index (χ4n) is 4.74. The molecular weight excluding hydrogens is 329 g/mol. The molecule has 2 saturated carbocycles. The van der Waals surface area contributed by atoms with Crippen LogP contribution in [-0.4, -0.2) is 40.0 Å². The van der Waals surface area contributed by atoms with Crippen LogP contribution in [0.2, 0.25) is 0 Å². The number of hydrogen-bond acceptors (Lipinski definition) is 4. The minimum Gasteiger partial charge on any atom is -0.300 e. The van der Waals surface area contributed by atoms with Crippen LogP contribution in [-0.2, 0) is 4.79 Å². The molecule has 0 N–H and O–H groups in total. The Labute approximate surface area is 154 Å². The molecule has 0 amide bonds. The fourth-order valence-corrected chi connectivity index (χ4v) is 4.74. The number of likely N-dealkylation sites (tertiary alicyclic amines) is 1. The molecule has 1 atom stereocenters. The zero-order chi connectivity index (χ0) is 17.9. The lowest BCUT2D eigenvalue weighted by atomic mass is 9.53. The maximum Gasteiger partial charge on any atom is 0.135 e. The summed E-state index contributed by atoms with van der Waals surface area (Å²) in [4.78, 5) is 20.6. The number of hydrogen-bond donors (Lipinski definition) is 0. The van der Waals surface area contributed by atoms with Crippen molar-refractivity contribution < 1.29 is 4.79 Å². The van der Waals surface area contributed by atoms with Gasteiger partial charge in [0.1, 0.15) is 11.9 Å². The Morgan fingerprint density at radius 3 is 2.20 bits per heavy atom. The molecule has 4 nitrogen and oxygen atoms in total. The molecular formula is C20H32N3OP. The number of piperidine rings is 1. The molecule has 0 radical (unpaired) electrons. The van der Waals surface area contributed by atoms with Crippen molar-refractivity contribution in [3.05, 3.63) is 23.8 Å². The highest BCUT2D eigenvalue weighted by atomic mass is 31.0. The standard InChI is InChI=1S/C19H29N3.CH3OP/c1-14(2)18-20-12-16(13-21-18)15-4-8-22(9-5-15)17-10-19(11-17)6-3-7-19;2-1-3/h12-15,17H,3-11H2,1-2H3;1H,3H2. The highest BCUT2D eigenvalue weighted by Crippen LogP contribution is 2.57. The van der Waals surface area contributed by atoms with Gasteiger partial charge in [-0.15, -0.1) is 0 Å². The molecule has 1 saturated heterocycles. The zero-order valence-corrected chi connectivity index (χ0v) is 16.8. The lowest BCUT2D eigenvalue weighted by molar-refractivity contribution is -0.0611. The summed E-state index contributed by atoms with van der Waals surface area (Å²) in [6.45, 7) is 6.86. The Bertz CT molecular complexity index is 555. The lowest BCUT2D eigenvalue weighted by Crippen LogP contribution is -2.55. The maximum atomic E-state index is 8.77. The van der Waals surface area contributed by atoms with Gasteiger partial charge in [-0.2, -0.15) is 0 Å². The quantitative estimate of drug-likeness (QED) is 0.599. The van der Waals surface area contributed by atoms with Crippen molar-refractivity contribution in [2.75, 3.05) is 13.1 Å². The molecule has 1 aliphatic heterocycles. The zero-order valence-electron chi connectivity index (χ0n) is 15.7. The van der Waals surface area contributed by atoms with Crippen LogP contribution < -0.4 is 0 Å². The number of carbonyl (C=O) groups is 1. The molecule has 1 aromatic rings. The predicted octanol–water partition coefficient (Wildman–Crippen LogP) is 4.16. The van der Waals surface area contributed by atoms with Crippen LogP contribution in [0.25, 0.3) is 0 Å². The SMILES string of the molecule is CC(C)c1ncc(C2CCN(C3CC4(CCC4)C3)CC2)cn1.O=CP. The Hall–Kier alpha value is -0.860. The van der Waals surface area contributed by atoms with E-state index < -0.39 is 0 Å². The third kappa shape index (κ3) is 4.28. The first-order valence-corrected chi connectivity index (χ1v) is 10.4. The molecule has 3 aliphatic rings. The van der Waals surface area contributed by atoms with E-state index in [1.54, 1.807) is 0 Å². The van der Waals surface area contributed by atoms with Crippen molar-refractivity contribution in [1.82, 2.24) is 14.9 Å². The van der Waals surface area contributed by atoms with Crippen LogP contribution in [0.4, 0.5) is 0 Å². The van der Waals surface area contributed by atoms with E-state index in [1.807, 2.05) is 9.24 Å². The first kappa shape index (κ1) is 18.9. The van der Waals surface area contributed by atoms with Gasteiger partial charge in [0.15, 0.2) is 0 Å². The topological polar surface area (TPSA) is 46.1 Å². The summed E-state index contributed by atoms with van der Waals surface area (Å²) in [6, 6.07) is 1.57. The van der Waals surface area contributed by atoms with E-state index in [0.29, 0.717) is 17.9 Å². The van der Waals surface area contributed by atoms with Crippen LogP contribution in [0.1, 0.15) is 82.0 Å². The summed E-state index contributed by atoms with van der Waals surface area (Å²) in [5, 5.41) is 0. The molecule has 2 heterocycles. The van der Waals surface area contributed by atoms with Crippen molar-refractivity contribution in [2.45, 2.75) is 76.7 Å². The molecule has 5 heteroatoms. The molecule has 1 unspecified atom stereocenters. The van der Waals surface area contributed by atoms with Gasteiger partial charge in [0.25, 0.3) is 0 Å². The van der Waals surface area contributed by atoms with Crippen LogP contribution in [0.15, 0.2) is 12.4 Å². The van der Waals surface area contributed by atoms with Gasteiger partial charge in [0, 0.05) is 24.4 Å². The van der Waals surface area contributed by atoms with Crippen LogP contribution in [0, 0.1) is 5.41 Å². The second-order valence-corrected chi connectivity index (χ2v) is 8.66. The summed E-state index contributed by atoms with van der Waals surface area (Å²) in [6.07, 6.45) is 14.2. The van der Waals surface area contributed by atoms with E-state index >= 15 is 0 Å². The first-order chi connectivity index (χ1) is 12.1. The summed E-state index contributed by atoms with van der Waals surface area (Å²) in [5.41, 5.74) is 2.16. The van der Waals surface area contributed by atoms with Crippen molar-refractivity contribution >= 4 is 15.3 Å².